The second kappa shape index (κ2) is 9.41. The van der Waals surface area contributed by atoms with Crippen molar-refractivity contribution in [2.24, 2.45) is 0 Å². The van der Waals surface area contributed by atoms with Gasteiger partial charge in [0.15, 0.2) is 17.1 Å². The van der Waals surface area contributed by atoms with Crippen LogP contribution in [0.25, 0.3) is 17.2 Å². The highest BCUT2D eigenvalue weighted by Gasteiger charge is 2.12. The molecular weight excluding hydrogens is 426 g/mol. The normalized spacial score (nSPS) is 11.1. The van der Waals surface area contributed by atoms with Gasteiger partial charge in [-0.15, -0.1) is 0 Å². The van der Waals surface area contributed by atoms with Crippen molar-refractivity contribution in [2.75, 3.05) is 13.2 Å². The summed E-state index contributed by atoms with van der Waals surface area (Å²) in [4.78, 5) is 16.3. The molecule has 0 bridgehead atoms. The molecule has 0 saturated carbocycles. The van der Waals surface area contributed by atoms with E-state index < -0.39 is 5.97 Å². The number of halogens is 1. The molecule has 0 unspecified atom stereocenters. The lowest BCUT2D eigenvalue weighted by atomic mass is 10.2. The number of carbonyl (C=O) groups is 1. The summed E-state index contributed by atoms with van der Waals surface area (Å²) < 4.78 is 22.8. The minimum atomic E-state index is -0.499. The van der Waals surface area contributed by atoms with Gasteiger partial charge in [0.05, 0.1) is 13.2 Å². The molecule has 0 fully saturated rings. The van der Waals surface area contributed by atoms with Gasteiger partial charge in [0.1, 0.15) is 12.1 Å². The Morgan fingerprint density at radius 2 is 1.86 bits per heavy atom. The quantitative estimate of drug-likeness (QED) is 0.352. The third kappa shape index (κ3) is 4.92. The molecule has 0 aliphatic carbocycles. The number of nitrogens with zero attached hydrogens (tertiary/aromatic N) is 1. The first-order valence-corrected chi connectivity index (χ1v) is 9.68. The molecular formula is C21H20BrNO5. The van der Waals surface area contributed by atoms with Crippen molar-refractivity contribution >= 4 is 39.1 Å². The van der Waals surface area contributed by atoms with Crippen molar-refractivity contribution in [3.8, 4) is 11.5 Å². The van der Waals surface area contributed by atoms with Crippen molar-refractivity contribution in [1.29, 1.82) is 0 Å². The number of hydrogen-bond donors (Lipinski definition) is 0. The first-order valence-electron chi connectivity index (χ1n) is 8.89. The molecule has 0 atom stereocenters. The Kier molecular flexibility index (Phi) is 6.71. The number of aromatic nitrogens is 1. The number of para-hydroxylation sites is 2. The predicted molar refractivity (Wildman–Crippen MR) is 109 cm³/mol. The molecule has 0 aliphatic rings. The van der Waals surface area contributed by atoms with E-state index in [0.29, 0.717) is 36.2 Å². The molecule has 3 aromatic rings. The maximum absolute atomic E-state index is 12.0. The zero-order valence-corrected chi connectivity index (χ0v) is 17.2. The third-order valence-corrected chi connectivity index (χ3v) is 4.49. The predicted octanol–water partition coefficient (Wildman–Crippen LogP) is 5.14. The van der Waals surface area contributed by atoms with Gasteiger partial charge in [0.2, 0.25) is 5.89 Å². The number of oxazole rings is 1. The summed E-state index contributed by atoms with van der Waals surface area (Å²) >= 11 is 3.48. The van der Waals surface area contributed by atoms with E-state index >= 15 is 0 Å². The first-order chi connectivity index (χ1) is 13.6. The first kappa shape index (κ1) is 19.9. The number of hydrogen-bond acceptors (Lipinski definition) is 6. The van der Waals surface area contributed by atoms with Crippen LogP contribution in [0.2, 0.25) is 0 Å². The van der Waals surface area contributed by atoms with Gasteiger partial charge in [0.25, 0.3) is 0 Å². The summed E-state index contributed by atoms with van der Waals surface area (Å²) in [6.45, 7) is 4.93. The van der Waals surface area contributed by atoms with E-state index in [1.807, 2.05) is 44.2 Å². The highest BCUT2D eigenvalue weighted by Crippen LogP contribution is 2.34. The van der Waals surface area contributed by atoms with E-state index in [0.717, 1.165) is 15.6 Å². The minimum absolute atomic E-state index is 0.0871. The van der Waals surface area contributed by atoms with Gasteiger partial charge in [-0.2, -0.15) is 0 Å². The van der Waals surface area contributed by atoms with E-state index in [4.69, 9.17) is 18.6 Å². The van der Waals surface area contributed by atoms with E-state index in [1.54, 1.807) is 6.07 Å². The van der Waals surface area contributed by atoms with Gasteiger partial charge >= 0.3 is 5.97 Å². The second-order valence-electron chi connectivity index (χ2n) is 5.72. The second-order valence-corrected chi connectivity index (χ2v) is 6.57. The summed E-state index contributed by atoms with van der Waals surface area (Å²) in [6, 6.07) is 11.0. The Bertz CT molecular complexity index is 963. The van der Waals surface area contributed by atoms with Gasteiger partial charge in [-0.05, 0) is 38.1 Å². The van der Waals surface area contributed by atoms with Gasteiger partial charge in [-0.1, -0.05) is 28.1 Å². The van der Waals surface area contributed by atoms with Crippen LogP contribution in [-0.4, -0.2) is 24.2 Å². The fourth-order valence-corrected chi connectivity index (χ4v) is 2.96. The smallest absolute Gasteiger partial charge is 0.331 e. The van der Waals surface area contributed by atoms with Gasteiger partial charge in [-0.25, -0.2) is 9.78 Å². The molecule has 28 heavy (non-hydrogen) atoms. The molecule has 0 saturated heterocycles. The Balaban J connectivity index is 1.65. The van der Waals surface area contributed by atoms with Crippen molar-refractivity contribution in [2.45, 2.75) is 20.5 Å². The molecule has 0 aliphatic heterocycles. The molecule has 146 valence electrons. The summed E-state index contributed by atoms with van der Waals surface area (Å²) in [5, 5.41) is 0. The van der Waals surface area contributed by atoms with Crippen molar-refractivity contribution in [3.05, 3.63) is 58.4 Å². The van der Waals surface area contributed by atoms with Crippen LogP contribution >= 0.6 is 15.9 Å². The molecule has 1 aromatic heterocycles. The Morgan fingerprint density at radius 3 is 2.57 bits per heavy atom. The van der Waals surface area contributed by atoms with Crippen LogP contribution < -0.4 is 9.47 Å². The maximum atomic E-state index is 12.0. The molecule has 1 heterocycles. The molecule has 3 rings (SSSR count). The van der Waals surface area contributed by atoms with E-state index in [2.05, 4.69) is 20.9 Å². The Morgan fingerprint density at radius 1 is 1.14 bits per heavy atom. The van der Waals surface area contributed by atoms with E-state index in [1.165, 1.54) is 12.2 Å². The highest BCUT2D eigenvalue weighted by atomic mass is 79.9. The van der Waals surface area contributed by atoms with E-state index in [-0.39, 0.29) is 6.61 Å². The van der Waals surface area contributed by atoms with Crippen LogP contribution in [0.15, 0.2) is 51.4 Å². The van der Waals surface area contributed by atoms with Crippen LogP contribution in [0.5, 0.6) is 11.5 Å². The SMILES string of the molecule is CCOc1cc(Br)c(COC(=O)/C=C/c2nc3ccccc3o2)cc1OCC. The average Bonchev–Trinajstić information content (AvgIpc) is 3.10. The molecule has 0 spiro atoms. The molecule has 2 aromatic carbocycles. The minimum Gasteiger partial charge on any atom is -0.490 e. The average molecular weight is 446 g/mol. The molecule has 0 amide bonds. The lowest BCUT2D eigenvalue weighted by molar-refractivity contribution is -0.138. The third-order valence-electron chi connectivity index (χ3n) is 3.75. The van der Waals surface area contributed by atoms with Gasteiger partial charge in [-0.3, -0.25) is 0 Å². The fraction of sp³-hybridized carbons (Fsp3) is 0.238. The highest BCUT2D eigenvalue weighted by molar-refractivity contribution is 9.10. The molecule has 0 N–H and O–H groups in total. The largest absolute Gasteiger partial charge is 0.490 e. The van der Waals surface area contributed by atoms with Crippen LogP contribution in [0, 0.1) is 0 Å². The number of esters is 1. The van der Waals surface area contributed by atoms with Crippen molar-refractivity contribution in [1.82, 2.24) is 4.98 Å². The van der Waals surface area contributed by atoms with E-state index in [9.17, 15) is 4.79 Å². The lowest BCUT2D eigenvalue weighted by Crippen LogP contribution is -2.04. The van der Waals surface area contributed by atoms with Crippen LogP contribution in [0.1, 0.15) is 25.3 Å². The zero-order chi connectivity index (χ0) is 19.9. The number of benzene rings is 2. The number of carbonyl (C=O) groups excluding carboxylic acids is 1. The van der Waals surface area contributed by atoms with Crippen molar-refractivity contribution < 1.29 is 23.4 Å². The van der Waals surface area contributed by atoms with Crippen LogP contribution in [0.4, 0.5) is 0 Å². The molecule has 0 radical (unpaired) electrons. The summed E-state index contributed by atoms with van der Waals surface area (Å²) in [6.07, 6.45) is 2.78. The van der Waals surface area contributed by atoms with Crippen LogP contribution in [0.3, 0.4) is 0 Å². The lowest BCUT2D eigenvalue weighted by Gasteiger charge is -2.14. The van der Waals surface area contributed by atoms with Gasteiger partial charge in [0, 0.05) is 22.2 Å². The molecule has 7 heteroatoms. The monoisotopic (exact) mass is 445 g/mol. The van der Waals surface area contributed by atoms with Crippen LogP contribution in [-0.2, 0) is 16.1 Å². The Hall–Kier alpha value is -2.80. The summed E-state index contributed by atoms with van der Waals surface area (Å²) in [7, 11) is 0. The summed E-state index contributed by atoms with van der Waals surface area (Å²) in [5.41, 5.74) is 2.17. The van der Waals surface area contributed by atoms with Crippen molar-refractivity contribution in [3.63, 3.8) is 0 Å². The zero-order valence-electron chi connectivity index (χ0n) is 15.6. The summed E-state index contributed by atoms with van der Waals surface area (Å²) in [5.74, 6) is 1.10. The van der Waals surface area contributed by atoms with Gasteiger partial charge < -0.3 is 18.6 Å². The fourth-order valence-electron chi connectivity index (χ4n) is 2.52. The molecule has 6 nitrogen and oxygen atoms in total. The maximum Gasteiger partial charge on any atom is 0.331 e. The number of fused-ring (bicyclic) bond motifs is 1. The number of rotatable bonds is 8. The Labute approximate surface area is 171 Å². The number of ether oxygens (including phenoxy) is 3. The standard InChI is InChI=1S/C21H20BrNO5/c1-3-25-18-11-14(15(22)12-19(18)26-4-2)13-27-21(24)10-9-20-23-16-7-5-6-8-17(16)28-20/h5-12H,3-4,13H2,1-2H3/b10-9+. The topological polar surface area (TPSA) is 70.8 Å².